The lowest BCUT2D eigenvalue weighted by atomic mass is 10.1. The summed E-state index contributed by atoms with van der Waals surface area (Å²) in [5.41, 5.74) is 1.96. The monoisotopic (exact) mass is 180 g/mol. The van der Waals surface area contributed by atoms with Gasteiger partial charge in [0.15, 0.2) is 5.13 Å². The van der Waals surface area contributed by atoms with E-state index in [1.165, 1.54) is 16.9 Å². The van der Waals surface area contributed by atoms with Crippen LogP contribution >= 0.6 is 11.3 Å². The molecule has 0 aliphatic heterocycles. The third kappa shape index (κ3) is 1.03. The molecule has 0 atom stereocenters. The fourth-order valence-electron chi connectivity index (χ4n) is 1.30. The quantitative estimate of drug-likeness (QED) is 0.580. The maximum atomic E-state index is 13.1. The van der Waals surface area contributed by atoms with Crippen LogP contribution in [0.2, 0.25) is 0 Å². The fourth-order valence-corrected chi connectivity index (χ4v) is 2.22. The van der Waals surface area contributed by atoms with Crippen LogP contribution in [0.4, 0.5) is 4.39 Å². The Hall–Kier alpha value is -0.890. The minimum Gasteiger partial charge on any atom is -0.195 e. The van der Waals surface area contributed by atoms with Gasteiger partial charge in [-0.2, -0.15) is 4.39 Å². The van der Waals surface area contributed by atoms with E-state index in [2.05, 4.69) is 0 Å². The predicted octanol–water partition coefficient (Wildman–Crippen LogP) is 3.66. The maximum absolute atomic E-state index is 13.1. The molecule has 0 amide bonds. The third-order valence-electron chi connectivity index (χ3n) is 2.03. The first-order chi connectivity index (χ1) is 5.68. The van der Waals surface area contributed by atoms with Crippen molar-refractivity contribution in [3.05, 3.63) is 34.5 Å². The van der Waals surface area contributed by atoms with Crippen molar-refractivity contribution in [2.75, 3.05) is 0 Å². The molecule has 1 heterocycles. The summed E-state index contributed by atoms with van der Waals surface area (Å²) >= 11 is 1.22. The number of rotatable bonds is 0. The zero-order valence-electron chi connectivity index (χ0n) is 7.02. The van der Waals surface area contributed by atoms with Crippen molar-refractivity contribution < 1.29 is 4.39 Å². The molecule has 0 N–H and O–H groups in total. The first-order valence-electron chi connectivity index (χ1n) is 3.84. The Labute approximate surface area is 74.6 Å². The van der Waals surface area contributed by atoms with Crippen LogP contribution in [-0.4, -0.2) is 0 Å². The number of fused-ring (bicyclic) bond motifs is 1. The molecule has 0 bridgehead atoms. The summed E-state index contributed by atoms with van der Waals surface area (Å²) in [7, 11) is 0. The van der Waals surface area contributed by atoms with Gasteiger partial charge in [-0.1, -0.05) is 17.7 Å². The largest absolute Gasteiger partial charge is 0.195 e. The van der Waals surface area contributed by atoms with Crippen LogP contribution in [0.5, 0.6) is 0 Å². The number of hydrogen-bond donors (Lipinski definition) is 0. The van der Waals surface area contributed by atoms with E-state index < -0.39 is 0 Å². The lowest BCUT2D eigenvalue weighted by Gasteiger charge is -1.92. The van der Waals surface area contributed by atoms with Gasteiger partial charge in [0.05, 0.1) is 0 Å². The van der Waals surface area contributed by atoms with E-state index in [0.717, 1.165) is 15.6 Å². The van der Waals surface area contributed by atoms with E-state index in [1.54, 1.807) is 0 Å². The van der Waals surface area contributed by atoms with E-state index in [-0.39, 0.29) is 5.13 Å². The molecule has 0 aliphatic rings. The first kappa shape index (κ1) is 7.74. The van der Waals surface area contributed by atoms with Gasteiger partial charge in [0, 0.05) is 10.3 Å². The van der Waals surface area contributed by atoms with Crippen LogP contribution in [0.15, 0.2) is 18.2 Å². The SMILES string of the molecule is Cc1ccc2sc(F)c(C)c2c1. The van der Waals surface area contributed by atoms with E-state index >= 15 is 0 Å². The zero-order valence-corrected chi connectivity index (χ0v) is 7.83. The van der Waals surface area contributed by atoms with Crippen molar-refractivity contribution in [2.45, 2.75) is 13.8 Å². The number of hydrogen-bond acceptors (Lipinski definition) is 1. The molecule has 0 nitrogen and oxygen atoms in total. The lowest BCUT2D eigenvalue weighted by molar-refractivity contribution is 0.650. The normalized spacial score (nSPS) is 10.9. The molecule has 12 heavy (non-hydrogen) atoms. The van der Waals surface area contributed by atoms with Crippen LogP contribution in [-0.2, 0) is 0 Å². The minimum atomic E-state index is -0.0596. The van der Waals surface area contributed by atoms with Crippen molar-refractivity contribution in [3.63, 3.8) is 0 Å². The van der Waals surface area contributed by atoms with Crippen LogP contribution in [0.3, 0.4) is 0 Å². The molecule has 0 radical (unpaired) electrons. The second-order valence-electron chi connectivity index (χ2n) is 3.00. The Balaban J connectivity index is 2.88. The second-order valence-corrected chi connectivity index (χ2v) is 4.00. The number of halogens is 1. The molecule has 0 fully saturated rings. The molecular formula is C10H9FS. The minimum absolute atomic E-state index is 0.0596. The van der Waals surface area contributed by atoms with E-state index in [4.69, 9.17) is 0 Å². The van der Waals surface area contributed by atoms with E-state index in [0.29, 0.717) is 0 Å². The van der Waals surface area contributed by atoms with Gasteiger partial charge in [0.25, 0.3) is 0 Å². The number of thiophene rings is 1. The van der Waals surface area contributed by atoms with Gasteiger partial charge in [-0.05, 0) is 25.3 Å². The average Bonchev–Trinajstić information content (AvgIpc) is 2.31. The highest BCUT2D eigenvalue weighted by Gasteiger charge is 2.06. The summed E-state index contributed by atoms with van der Waals surface area (Å²) in [6.45, 7) is 3.85. The van der Waals surface area contributed by atoms with Gasteiger partial charge in [0.2, 0.25) is 0 Å². The second kappa shape index (κ2) is 2.56. The van der Waals surface area contributed by atoms with Crippen LogP contribution in [0, 0.1) is 19.0 Å². The van der Waals surface area contributed by atoms with E-state index in [1.807, 2.05) is 32.0 Å². The topological polar surface area (TPSA) is 0 Å². The van der Waals surface area contributed by atoms with Gasteiger partial charge in [-0.15, -0.1) is 11.3 Å². The van der Waals surface area contributed by atoms with Gasteiger partial charge in [0.1, 0.15) is 0 Å². The summed E-state index contributed by atoms with van der Waals surface area (Å²) in [5.74, 6) is 0. The van der Waals surface area contributed by atoms with Crippen molar-refractivity contribution >= 4 is 21.4 Å². The molecule has 1 aromatic heterocycles. The Morgan fingerprint density at radius 2 is 2.00 bits per heavy atom. The standard InChI is InChI=1S/C10H9FS/c1-6-3-4-9-8(5-6)7(2)10(11)12-9/h3-5H,1-2H3. The predicted molar refractivity (Wildman–Crippen MR) is 51.3 cm³/mol. The van der Waals surface area contributed by atoms with Crippen molar-refractivity contribution in [2.24, 2.45) is 0 Å². The van der Waals surface area contributed by atoms with Crippen LogP contribution in [0.1, 0.15) is 11.1 Å². The van der Waals surface area contributed by atoms with Gasteiger partial charge < -0.3 is 0 Å². The smallest absolute Gasteiger partial charge is 0.180 e. The Bertz CT molecular complexity index is 429. The highest BCUT2D eigenvalue weighted by atomic mass is 32.1. The Morgan fingerprint density at radius 3 is 2.75 bits per heavy atom. The zero-order chi connectivity index (χ0) is 8.72. The summed E-state index contributed by atoms with van der Waals surface area (Å²) in [6.07, 6.45) is 0. The summed E-state index contributed by atoms with van der Waals surface area (Å²) in [6, 6.07) is 6.02. The van der Waals surface area contributed by atoms with Gasteiger partial charge >= 0.3 is 0 Å². The molecule has 62 valence electrons. The van der Waals surface area contributed by atoms with Crippen molar-refractivity contribution in [1.82, 2.24) is 0 Å². The average molecular weight is 180 g/mol. The Kier molecular flexibility index (Phi) is 1.65. The molecule has 0 saturated carbocycles. The highest BCUT2D eigenvalue weighted by molar-refractivity contribution is 7.17. The number of aryl methyl sites for hydroxylation is 2. The molecular weight excluding hydrogens is 171 g/mol. The van der Waals surface area contributed by atoms with Crippen molar-refractivity contribution in [1.29, 1.82) is 0 Å². The van der Waals surface area contributed by atoms with Gasteiger partial charge in [-0.3, -0.25) is 0 Å². The number of benzene rings is 1. The highest BCUT2D eigenvalue weighted by Crippen LogP contribution is 2.29. The van der Waals surface area contributed by atoms with Gasteiger partial charge in [-0.25, -0.2) is 0 Å². The van der Waals surface area contributed by atoms with Crippen LogP contribution < -0.4 is 0 Å². The molecule has 2 aromatic rings. The summed E-state index contributed by atoms with van der Waals surface area (Å²) < 4.78 is 14.1. The maximum Gasteiger partial charge on any atom is 0.180 e. The van der Waals surface area contributed by atoms with Crippen LogP contribution in [0.25, 0.3) is 10.1 Å². The fraction of sp³-hybridized carbons (Fsp3) is 0.200. The first-order valence-corrected chi connectivity index (χ1v) is 4.65. The summed E-state index contributed by atoms with van der Waals surface area (Å²) in [5, 5.41) is 0.994. The van der Waals surface area contributed by atoms with E-state index in [9.17, 15) is 4.39 Å². The van der Waals surface area contributed by atoms with Crippen molar-refractivity contribution in [3.8, 4) is 0 Å². The molecule has 0 aliphatic carbocycles. The Morgan fingerprint density at radius 1 is 1.25 bits per heavy atom. The molecule has 0 spiro atoms. The molecule has 2 heteroatoms. The summed E-state index contributed by atoms with van der Waals surface area (Å²) in [4.78, 5) is 0. The third-order valence-corrected chi connectivity index (χ3v) is 3.09. The molecule has 0 saturated heterocycles. The molecule has 1 aromatic carbocycles. The molecule has 2 rings (SSSR count). The molecule has 0 unspecified atom stereocenters. The lowest BCUT2D eigenvalue weighted by Crippen LogP contribution is -1.73.